The molecular formula is C12H23N3S. The summed E-state index contributed by atoms with van der Waals surface area (Å²) in [6.07, 6.45) is 3.02. The summed E-state index contributed by atoms with van der Waals surface area (Å²) >= 11 is 2.02. The normalized spacial score (nSPS) is 13.3. The van der Waals surface area contributed by atoms with E-state index in [0.717, 1.165) is 18.1 Å². The van der Waals surface area contributed by atoms with Crippen LogP contribution in [0.1, 0.15) is 19.5 Å². The van der Waals surface area contributed by atoms with Crippen LogP contribution in [-0.2, 0) is 13.5 Å². The highest BCUT2D eigenvalue weighted by atomic mass is 32.2. The van der Waals surface area contributed by atoms with Gasteiger partial charge in [0.15, 0.2) is 0 Å². The van der Waals surface area contributed by atoms with Crippen molar-refractivity contribution in [2.24, 2.45) is 13.0 Å². The van der Waals surface area contributed by atoms with Gasteiger partial charge in [-0.2, -0.15) is 16.9 Å². The van der Waals surface area contributed by atoms with Crippen molar-refractivity contribution in [3.63, 3.8) is 0 Å². The van der Waals surface area contributed by atoms with Crippen LogP contribution in [0.5, 0.6) is 0 Å². The minimum absolute atomic E-state index is 0.527. The predicted octanol–water partition coefficient (Wildman–Crippen LogP) is 1.94. The summed E-state index contributed by atoms with van der Waals surface area (Å²) < 4.78 is 1.86. The van der Waals surface area contributed by atoms with Gasteiger partial charge in [0.1, 0.15) is 0 Å². The van der Waals surface area contributed by atoms with E-state index in [2.05, 4.69) is 30.3 Å². The molecule has 1 aromatic heterocycles. The van der Waals surface area contributed by atoms with Crippen LogP contribution in [0.3, 0.4) is 0 Å². The van der Waals surface area contributed by atoms with Gasteiger partial charge in [0, 0.05) is 31.5 Å². The van der Waals surface area contributed by atoms with Gasteiger partial charge in [-0.25, -0.2) is 0 Å². The van der Waals surface area contributed by atoms with Gasteiger partial charge < -0.3 is 5.32 Å². The molecule has 0 spiro atoms. The van der Waals surface area contributed by atoms with Crippen molar-refractivity contribution in [3.05, 3.63) is 18.0 Å². The smallest absolute Gasteiger partial charge is 0.0640 e. The van der Waals surface area contributed by atoms with Gasteiger partial charge in [-0.3, -0.25) is 4.68 Å². The maximum atomic E-state index is 4.41. The fraction of sp³-hybridized carbons (Fsp3) is 0.750. The van der Waals surface area contributed by atoms with E-state index in [4.69, 9.17) is 0 Å². The topological polar surface area (TPSA) is 29.9 Å². The van der Waals surface area contributed by atoms with Gasteiger partial charge in [0.05, 0.1) is 5.69 Å². The fourth-order valence-electron chi connectivity index (χ4n) is 1.51. The van der Waals surface area contributed by atoms with Gasteiger partial charge in [0.25, 0.3) is 0 Å². The van der Waals surface area contributed by atoms with Crippen molar-refractivity contribution in [1.82, 2.24) is 15.1 Å². The fourth-order valence-corrected chi connectivity index (χ4v) is 2.69. The molecule has 92 valence electrons. The van der Waals surface area contributed by atoms with Crippen molar-refractivity contribution < 1.29 is 0 Å². The van der Waals surface area contributed by atoms with E-state index in [1.807, 2.05) is 36.7 Å². The van der Waals surface area contributed by atoms with Crippen LogP contribution in [0.4, 0.5) is 0 Å². The van der Waals surface area contributed by atoms with Crippen LogP contribution < -0.4 is 5.32 Å². The Bertz CT molecular complexity index is 296. The van der Waals surface area contributed by atoms with Crippen LogP contribution in [0, 0.1) is 5.92 Å². The summed E-state index contributed by atoms with van der Waals surface area (Å²) in [4.78, 5) is 0. The van der Waals surface area contributed by atoms with Gasteiger partial charge in [-0.15, -0.1) is 0 Å². The first kappa shape index (κ1) is 13.6. The Balaban J connectivity index is 2.31. The lowest BCUT2D eigenvalue weighted by Crippen LogP contribution is -2.30. The highest BCUT2D eigenvalue weighted by molar-refractivity contribution is 7.99. The lowest BCUT2D eigenvalue weighted by atomic mass is 10.2. The third kappa shape index (κ3) is 5.03. The molecule has 0 bridgehead atoms. The van der Waals surface area contributed by atoms with E-state index >= 15 is 0 Å². The lowest BCUT2D eigenvalue weighted by molar-refractivity contribution is 0.599. The van der Waals surface area contributed by atoms with Gasteiger partial charge in [-0.1, -0.05) is 13.8 Å². The quantitative estimate of drug-likeness (QED) is 0.791. The summed E-state index contributed by atoms with van der Waals surface area (Å²) in [6, 6.07) is 2.62. The average Bonchev–Trinajstić information content (AvgIpc) is 2.62. The molecule has 1 unspecified atom stereocenters. The Labute approximate surface area is 103 Å². The molecule has 1 rings (SSSR count). The summed E-state index contributed by atoms with van der Waals surface area (Å²) in [5.41, 5.74) is 1.17. The van der Waals surface area contributed by atoms with Crippen molar-refractivity contribution in [2.45, 2.75) is 26.3 Å². The van der Waals surface area contributed by atoms with Gasteiger partial charge in [0.2, 0.25) is 0 Å². The highest BCUT2D eigenvalue weighted by Crippen LogP contribution is 2.11. The van der Waals surface area contributed by atoms with E-state index < -0.39 is 0 Å². The zero-order valence-electron chi connectivity index (χ0n) is 10.7. The molecule has 0 amide bonds. The van der Waals surface area contributed by atoms with Crippen LogP contribution in [-0.4, -0.2) is 34.4 Å². The number of nitrogens with one attached hydrogen (secondary N) is 1. The van der Waals surface area contributed by atoms with Crippen LogP contribution in [0.15, 0.2) is 12.3 Å². The minimum atomic E-state index is 0.527. The second-order valence-corrected chi connectivity index (χ2v) is 5.68. The molecule has 4 heteroatoms. The maximum absolute atomic E-state index is 4.41. The highest BCUT2D eigenvalue weighted by Gasteiger charge is 2.09. The molecule has 0 fully saturated rings. The second-order valence-electron chi connectivity index (χ2n) is 4.60. The minimum Gasteiger partial charge on any atom is -0.316 e. The molecule has 0 aromatic carbocycles. The number of thioether (sulfide) groups is 1. The molecule has 0 aliphatic rings. The number of nitrogens with zero attached hydrogens (tertiary/aromatic N) is 2. The zero-order valence-corrected chi connectivity index (χ0v) is 11.5. The summed E-state index contributed by atoms with van der Waals surface area (Å²) in [5.74, 6) is 3.17. The molecule has 3 nitrogen and oxygen atoms in total. The third-order valence-electron chi connectivity index (χ3n) is 2.40. The lowest BCUT2D eigenvalue weighted by Gasteiger charge is -2.15. The van der Waals surface area contributed by atoms with Crippen LogP contribution in [0.25, 0.3) is 0 Å². The van der Waals surface area contributed by atoms with Crippen LogP contribution >= 0.6 is 11.8 Å². The summed E-state index contributed by atoms with van der Waals surface area (Å²) in [5, 5.41) is 7.77. The number of aromatic nitrogens is 2. The molecule has 1 aromatic rings. The molecule has 1 N–H and O–H groups in total. The first-order chi connectivity index (χ1) is 7.61. The monoisotopic (exact) mass is 241 g/mol. The standard InChI is InChI=1S/C12H23N3S/c1-10(2)8-16-9-12(13-3)7-11-5-6-15(4)14-11/h5-6,10,12-13H,7-9H2,1-4H3. The molecule has 1 heterocycles. The van der Waals surface area contributed by atoms with Crippen LogP contribution in [0.2, 0.25) is 0 Å². The molecule has 0 aliphatic heterocycles. The first-order valence-electron chi connectivity index (χ1n) is 5.85. The maximum Gasteiger partial charge on any atom is 0.0640 e. The second kappa shape index (κ2) is 6.97. The number of hydrogen-bond acceptors (Lipinski definition) is 3. The molecular weight excluding hydrogens is 218 g/mol. The van der Waals surface area contributed by atoms with Crippen molar-refractivity contribution >= 4 is 11.8 Å². The van der Waals surface area contributed by atoms with Gasteiger partial charge >= 0.3 is 0 Å². The van der Waals surface area contributed by atoms with E-state index in [0.29, 0.717) is 6.04 Å². The SMILES string of the molecule is CNC(CSCC(C)C)Cc1ccn(C)n1. The molecule has 0 saturated heterocycles. The third-order valence-corrected chi connectivity index (χ3v) is 3.94. The van der Waals surface area contributed by atoms with E-state index in [1.54, 1.807) is 0 Å². The van der Waals surface area contributed by atoms with Crippen molar-refractivity contribution in [3.8, 4) is 0 Å². The van der Waals surface area contributed by atoms with E-state index in [1.165, 1.54) is 11.4 Å². The Kier molecular flexibility index (Phi) is 5.91. The van der Waals surface area contributed by atoms with E-state index in [-0.39, 0.29) is 0 Å². The number of hydrogen-bond donors (Lipinski definition) is 1. The number of rotatable bonds is 7. The Morgan fingerprint density at radius 3 is 2.69 bits per heavy atom. The largest absolute Gasteiger partial charge is 0.316 e. The Morgan fingerprint density at radius 1 is 1.44 bits per heavy atom. The average molecular weight is 241 g/mol. The number of likely N-dealkylation sites (N-methyl/N-ethyl adjacent to an activating group) is 1. The summed E-state index contributed by atoms with van der Waals surface area (Å²) in [7, 11) is 3.99. The van der Waals surface area contributed by atoms with Crippen molar-refractivity contribution in [2.75, 3.05) is 18.6 Å². The Morgan fingerprint density at radius 2 is 2.19 bits per heavy atom. The van der Waals surface area contributed by atoms with Gasteiger partial charge in [-0.05, 0) is 24.8 Å². The van der Waals surface area contributed by atoms with Crippen molar-refractivity contribution in [1.29, 1.82) is 0 Å². The number of aryl methyl sites for hydroxylation is 1. The molecule has 16 heavy (non-hydrogen) atoms. The summed E-state index contributed by atoms with van der Waals surface area (Å²) in [6.45, 7) is 4.53. The first-order valence-corrected chi connectivity index (χ1v) is 7.00. The van der Waals surface area contributed by atoms with E-state index in [9.17, 15) is 0 Å². The Hall–Kier alpha value is -0.480. The molecule has 0 aliphatic carbocycles. The molecule has 0 saturated carbocycles. The molecule has 1 atom stereocenters. The molecule has 0 radical (unpaired) electrons. The predicted molar refractivity (Wildman–Crippen MR) is 71.9 cm³/mol. The zero-order chi connectivity index (χ0) is 12.0.